The van der Waals surface area contributed by atoms with Gasteiger partial charge in [0.2, 0.25) is 11.6 Å². The first-order valence-electron chi connectivity index (χ1n) is 8.45. The number of nitrogens with zero attached hydrogens (tertiary/aromatic N) is 5. The third-order valence-electron chi connectivity index (χ3n) is 4.02. The number of nitro groups is 1. The number of unbranched alkanes of at least 4 members (excludes halogenated alkanes) is 1. The van der Waals surface area contributed by atoms with Gasteiger partial charge in [-0.2, -0.15) is 0 Å². The molecule has 0 saturated heterocycles. The molecule has 2 heterocycles. The fraction of sp³-hybridized carbons (Fsp3) is 0.353. The van der Waals surface area contributed by atoms with Crippen LogP contribution in [0.25, 0.3) is 10.2 Å². The highest BCUT2D eigenvalue weighted by atomic mass is 32.1. The van der Waals surface area contributed by atoms with Crippen LogP contribution in [0.1, 0.15) is 19.8 Å². The smallest absolute Gasteiger partial charge is 0.353 e. The Morgan fingerprint density at radius 3 is 2.89 bits per heavy atom. The topological polar surface area (TPSA) is 106 Å². The maximum Gasteiger partial charge on any atom is 0.353 e. The van der Waals surface area contributed by atoms with E-state index in [0.29, 0.717) is 11.7 Å². The zero-order valence-electron chi connectivity index (χ0n) is 15.3. The van der Waals surface area contributed by atoms with Gasteiger partial charge in [-0.05, 0) is 24.6 Å². The molecule has 27 heavy (non-hydrogen) atoms. The summed E-state index contributed by atoms with van der Waals surface area (Å²) < 4.78 is 6.13. The van der Waals surface area contributed by atoms with E-state index in [2.05, 4.69) is 27.2 Å². The van der Waals surface area contributed by atoms with Crippen molar-refractivity contribution in [3.63, 3.8) is 0 Å². The number of hydrogen-bond acceptors (Lipinski definition) is 9. The molecular weight excluding hydrogens is 368 g/mol. The summed E-state index contributed by atoms with van der Waals surface area (Å²) in [6.45, 7) is 2.74. The number of hydrogen-bond donors (Lipinski definition) is 1. The van der Waals surface area contributed by atoms with E-state index in [1.54, 1.807) is 19.1 Å². The third kappa shape index (κ3) is 4.05. The first-order chi connectivity index (χ1) is 13.0. The summed E-state index contributed by atoms with van der Waals surface area (Å²) in [5.74, 6) is 1.14. The third-order valence-corrected chi connectivity index (χ3v) is 4.95. The van der Waals surface area contributed by atoms with Gasteiger partial charge in [0, 0.05) is 13.6 Å². The van der Waals surface area contributed by atoms with E-state index in [0.717, 1.165) is 28.8 Å². The van der Waals surface area contributed by atoms with E-state index < -0.39 is 4.92 Å². The van der Waals surface area contributed by atoms with Crippen LogP contribution in [0.5, 0.6) is 5.75 Å². The van der Waals surface area contributed by atoms with Gasteiger partial charge in [-0.3, -0.25) is 10.1 Å². The fourth-order valence-corrected chi connectivity index (χ4v) is 3.49. The first-order valence-corrected chi connectivity index (χ1v) is 9.27. The van der Waals surface area contributed by atoms with Gasteiger partial charge in [0.05, 0.1) is 22.2 Å². The van der Waals surface area contributed by atoms with Gasteiger partial charge in [0.1, 0.15) is 12.1 Å². The minimum atomic E-state index is -0.462. The lowest BCUT2D eigenvalue weighted by molar-refractivity contribution is -0.383. The molecule has 3 rings (SSSR count). The maximum absolute atomic E-state index is 11.7. The van der Waals surface area contributed by atoms with Gasteiger partial charge in [-0.1, -0.05) is 24.7 Å². The van der Waals surface area contributed by atoms with Crippen molar-refractivity contribution in [1.82, 2.24) is 15.0 Å². The molecule has 9 nitrogen and oxygen atoms in total. The Kier molecular flexibility index (Phi) is 5.65. The van der Waals surface area contributed by atoms with Gasteiger partial charge < -0.3 is 15.0 Å². The molecule has 0 bridgehead atoms. The summed E-state index contributed by atoms with van der Waals surface area (Å²) >= 11 is 1.37. The molecule has 10 heteroatoms. The Balaban J connectivity index is 1.95. The molecule has 0 aliphatic heterocycles. The zero-order valence-corrected chi connectivity index (χ0v) is 16.1. The molecule has 0 unspecified atom stereocenters. The highest BCUT2D eigenvalue weighted by Gasteiger charge is 2.26. The van der Waals surface area contributed by atoms with Crippen molar-refractivity contribution < 1.29 is 9.66 Å². The summed E-state index contributed by atoms with van der Waals surface area (Å²) in [5.41, 5.74) is 0.619. The number of ether oxygens (including phenoxy) is 1. The van der Waals surface area contributed by atoms with Crippen LogP contribution in [-0.2, 0) is 0 Å². The van der Waals surface area contributed by atoms with Crippen LogP contribution in [0.4, 0.5) is 22.5 Å². The van der Waals surface area contributed by atoms with Crippen molar-refractivity contribution in [3.8, 4) is 5.75 Å². The number of fused-ring (bicyclic) bond motifs is 1. The highest BCUT2D eigenvalue weighted by Crippen LogP contribution is 2.36. The average molecular weight is 388 g/mol. The normalized spacial score (nSPS) is 10.8. The summed E-state index contributed by atoms with van der Waals surface area (Å²) in [7, 11) is 3.39. The standard InChI is InChI=1S/C17H20N6O3S/c1-4-5-8-22(2)16-14(23(24)25)15(18-10-19-16)21-17-20-12-7-6-11(26-3)9-13(12)27-17/h6-7,9-10H,4-5,8H2,1-3H3,(H,18,19,20,21). The van der Waals surface area contributed by atoms with E-state index in [9.17, 15) is 10.1 Å². The molecule has 0 aliphatic carbocycles. The van der Waals surface area contributed by atoms with Gasteiger partial charge in [0.25, 0.3) is 0 Å². The molecule has 0 radical (unpaired) electrons. The molecule has 0 atom stereocenters. The zero-order chi connectivity index (χ0) is 19.4. The predicted octanol–water partition coefficient (Wildman–Crippen LogP) is 3.98. The largest absolute Gasteiger partial charge is 0.497 e. The van der Waals surface area contributed by atoms with Crippen molar-refractivity contribution in [3.05, 3.63) is 34.6 Å². The molecule has 0 spiro atoms. The van der Waals surface area contributed by atoms with Crippen molar-refractivity contribution >= 4 is 44.0 Å². The minimum Gasteiger partial charge on any atom is -0.497 e. The molecule has 1 N–H and O–H groups in total. The van der Waals surface area contributed by atoms with E-state index in [4.69, 9.17) is 4.74 Å². The number of methoxy groups -OCH3 is 1. The number of nitrogens with one attached hydrogen (secondary N) is 1. The van der Waals surface area contributed by atoms with Gasteiger partial charge in [0.15, 0.2) is 5.13 Å². The van der Waals surface area contributed by atoms with Gasteiger partial charge in [-0.25, -0.2) is 15.0 Å². The highest BCUT2D eigenvalue weighted by molar-refractivity contribution is 7.22. The maximum atomic E-state index is 11.7. The second-order valence-corrected chi connectivity index (χ2v) is 6.94. The first kappa shape index (κ1) is 18.8. The number of anilines is 3. The van der Waals surface area contributed by atoms with Crippen LogP contribution < -0.4 is 15.0 Å². The predicted molar refractivity (Wildman–Crippen MR) is 106 cm³/mol. The Bertz CT molecular complexity index is 961. The fourth-order valence-electron chi connectivity index (χ4n) is 2.60. The average Bonchev–Trinajstić information content (AvgIpc) is 3.06. The monoisotopic (exact) mass is 388 g/mol. The van der Waals surface area contributed by atoms with Crippen molar-refractivity contribution in [2.75, 3.05) is 30.9 Å². The van der Waals surface area contributed by atoms with Gasteiger partial charge in [-0.15, -0.1) is 0 Å². The molecule has 0 amide bonds. The summed E-state index contributed by atoms with van der Waals surface area (Å²) in [6.07, 6.45) is 3.23. The Labute approximate surface area is 160 Å². The van der Waals surface area contributed by atoms with Crippen LogP contribution in [0.15, 0.2) is 24.5 Å². The number of benzene rings is 1. The lowest BCUT2D eigenvalue weighted by Crippen LogP contribution is -2.21. The van der Waals surface area contributed by atoms with E-state index in [-0.39, 0.29) is 17.3 Å². The van der Waals surface area contributed by atoms with E-state index in [1.807, 2.05) is 18.2 Å². The van der Waals surface area contributed by atoms with Crippen LogP contribution in [0.3, 0.4) is 0 Å². The van der Waals surface area contributed by atoms with Crippen molar-refractivity contribution in [2.24, 2.45) is 0 Å². The molecule has 142 valence electrons. The molecule has 0 fully saturated rings. The van der Waals surface area contributed by atoms with E-state index in [1.165, 1.54) is 17.7 Å². The number of aromatic nitrogens is 3. The van der Waals surface area contributed by atoms with Gasteiger partial charge >= 0.3 is 5.69 Å². The summed E-state index contributed by atoms with van der Waals surface area (Å²) in [5, 5.41) is 15.2. The lowest BCUT2D eigenvalue weighted by atomic mass is 10.3. The molecular formula is C17H20N6O3S. The van der Waals surface area contributed by atoms with Crippen molar-refractivity contribution in [1.29, 1.82) is 0 Å². The summed E-state index contributed by atoms with van der Waals surface area (Å²) in [4.78, 5) is 25.7. The molecule has 0 aliphatic rings. The molecule has 0 saturated carbocycles. The second kappa shape index (κ2) is 8.12. The van der Waals surface area contributed by atoms with Crippen LogP contribution >= 0.6 is 11.3 Å². The van der Waals surface area contributed by atoms with E-state index >= 15 is 0 Å². The molecule has 1 aromatic carbocycles. The van der Waals surface area contributed by atoms with Crippen LogP contribution in [0, 0.1) is 10.1 Å². The lowest BCUT2D eigenvalue weighted by Gasteiger charge is -2.18. The summed E-state index contributed by atoms with van der Waals surface area (Å²) in [6, 6.07) is 5.53. The Hall–Kier alpha value is -3.01. The second-order valence-electron chi connectivity index (χ2n) is 5.90. The van der Waals surface area contributed by atoms with Crippen LogP contribution in [0.2, 0.25) is 0 Å². The quantitative estimate of drug-likeness (QED) is 0.456. The molecule has 3 aromatic rings. The van der Waals surface area contributed by atoms with Crippen molar-refractivity contribution in [2.45, 2.75) is 19.8 Å². The Morgan fingerprint density at radius 2 is 2.19 bits per heavy atom. The van der Waals surface area contributed by atoms with Crippen LogP contribution in [-0.4, -0.2) is 40.6 Å². The minimum absolute atomic E-state index is 0.124. The SMILES string of the molecule is CCCCN(C)c1ncnc(Nc2nc3ccc(OC)cc3s2)c1[N+](=O)[O-]. The number of thiazole rings is 1. The Morgan fingerprint density at radius 1 is 1.37 bits per heavy atom. The molecule has 2 aromatic heterocycles. The number of rotatable bonds is 8.